The van der Waals surface area contributed by atoms with Crippen molar-refractivity contribution in [3.63, 3.8) is 0 Å². The third-order valence-electron chi connectivity index (χ3n) is 5.35. The Morgan fingerprint density at radius 2 is 1.97 bits per heavy atom. The Labute approximate surface area is 182 Å². The van der Waals surface area contributed by atoms with E-state index < -0.39 is 17.8 Å². The quantitative estimate of drug-likeness (QED) is 0.648. The van der Waals surface area contributed by atoms with E-state index in [2.05, 4.69) is 5.16 Å². The van der Waals surface area contributed by atoms with Gasteiger partial charge >= 0.3 is 0 Å². The molecule has 31 heavy (non-hydrogen) atoms. The van der Waals surface area contributed by atoms with Crippen LogP contribution in [-0.4, -0.2) is 41.8 Å². The summed E-state index contributed by atoms with van der Waals surface area (Å²) in [6.07, 6.45) is -1.00. The van der Waals surface area contributed by atoms with Crippen LogP contribution in [-0.2, 0) is 6.54 Å². The van der Waals surface area contributed by atoms with Gasteiger partial charge in [0.2, 0.25) is 0 Å². The molecule has 1 aliphatic heterocycles. The van der Waals surface area contributed by atoms with Gasteiger partial charge in [0.1, 0.15) is 40.4 Å². The summed E-state index contributed by atoms with van der Waals surface area (Å²) in [5, 5.41) is 14.8. The number of aromatic nitrogens is 1. The van der Waals surface area contributed by atoms with E-state index in [1.165, 1.54) is 37.3 Å². The van der Waals surface area contributed by atoms with Crippen LogP contribution in [0.1, 0.15) is 33.3 Å². The highest BCUT2D eigenvalue weighted by atomic mass is 35.5. The topological polar surface area (TPSA) is 85.0 Å². The minimum atomic E-state index is -1.00. The zero-order valence-electron chi connectivity index (χ0n) is 17.1. The van der Waals surface area contributed by atoms with Gasteiger partial charge in [-0.05, 0) is 31.2 Å². The van der Waals surface area contributed by atoms with Crippen LogP contribution in [0.5, 0.6) is 11.5 Å². The number of carbonyl (C=O) groups is 1. The predicted molar refractivity (Wildman–Crippen MR) is 111 cm³/mol. The molecule has 0 saturated heterocycles. The zero-order valence-corrected chi connectivity index (χ0v) is 17.9. The number of rotatable bonds is 4. The van der Waals surface area contributed by atoms with Crippen molar-refractivity contribution in [1.29, 1.82) is 0 Å². The smallest absolute Gasteiger partial charge is 0.260 e. The lowest BCUT2D eigenvalue weighted by Crippen LogP contribution is -2.39. The fourth-order valence-corrected chi connectivity index (χ4v) is 4.16. The van der Waals surface area contributed by atoms with Crippen LogP contribution in [0.25, 0.3) is 11.3 Å². The van der Waals surface area contributed by atoms with Gasteiger partial charge in [-0.15, -0.1) is 0 Å². The second-order valence-electron chi connectivity index (χ2n) is 7.12. The Kier molecular flexibility index (Phi) is 5.60. The van der Waals surface area contributed by atoms with Crippen LogP contribution in [0.3, 0.4) is 0 Å². The first-order chi connectivity index (χ1) is 14.9. The van der Waals surface area contributed by atoms with Crippen molar-refractivity contribution < 1.29 is 28.3 Å². The molecule has 0 fully saturated rings. The van der Waals surface area contributed by atoms with Crippen molar-refractivity contribution >= 4 is 17.5 Å². The molecule has 0 radical (unpaired) electrons. The van der Waals surface area contributed by atoms with E-state index in [1.54, 1.807) is 19.1 Å². The van der Waals surface area contributed by atoms with E-state index in [-0.39, 0.29) is 40.7 Å². The second-order valence-corrected chi connectivity index (χ2v) is 7.53. The molecule has 0 unspecified atom stereocenters. The Bertz CT molecular complexity index is 1140. The van der Waals surface area contributed by atoms with Crippen molar-refractivity contribution in [1.82, 2.24) is 10.1 Å². The third-order valence-corrected chi connectivity index (χ3v) is 5.67. The SMILES string of the molecule is COc1ccc(OC)c2c1CN(C(=O)c1c(-c3c(F)cccc3Cl)noc1C)C[C@@H]2O. The fourth-order valence-electron chi connectivity index (χ4n) is 3.91. The number of aliphatic hydroxyl groups is 1. The number of β-amino-alcohol motifs (C(OH)–C–C–N with tert-alkyl or cyclic N) is 1. The standard InChI is InChI=1S/C22H20ClFN2O5/c1-11-18(21(25-31-11)20-13(23)5-4-6-14(20)24)22(28)26-9-12-16(29-2)7-8-17(30-3)19(12)15(27)10-26/h4-8,15,27H,9-10H2,1-3H3/t15-/m0/s1. The van der Waals surface area contributed by atoms with Gasteiger partial charge in [0.05, 0.1) is 37.9 Å². The first-order valence-electron chi connectivity index (χ1n) is 9.49. The van der Waals surface area contributed by atoms with E-state index in [4.69, 9.17) is 25.6 Å². The van der Waals surface area contributed by atoms with Crippen LogP contribution in [0.2, 0.25) is 5.02 Å². The fraction of sp³-hybridized carbons (Fsp3) is 0.273. The summed E-state index contributed by atoms with van der Waals surface area (Å²) < 4.78 is 30.5. The summed E-state index contributed by atoms with van der Waals surface area (Å²) in [7, 11) is 3.02. The molecule has 0 bridgehead atoms. The van der Waals surface area contributed by atoms with Crippen molar-refractivity contribution in [2.24, 2.45) is 0 Å². The molecule has 0 aliphatic carbocycles. The number of hydrogen-bond acceptors (Lipinski definition) is 6. The van der Waals surface area contributed by atoms with Gasteiger partial charge in [0.15, 0.2) is 0 Å². The van der Waals surface area contributed by atoms with Gasteiger partial charge in [0, 0.05) is 11.1 Å². The van der Waals surface area contributed by atoms with Crippen LogP contribution in [0.15, 0.2) is 34.9 Å². The normalized spacial score (nSPS) is 15.5. The highest BCUT2D eigenvalue weighted by Gasteiger charge is 2.35. The number of nitrogens with zero attached hydrogens (tertiary/aromatic N) is 2. The van der Waals surface area contributed by atoms with E-state index in [0.717, 1.165) is 0 Å². The van der Waals surface area contributed by atoms with Crippen LogP contribution in [0.4, 0.5) is 4.39 Å². The Hall–Kier alpha value is -3.10. The van der Waals surface area contributed by atoms with E-state index in [1.807, 2.05) is 0 Å². The monoisotopic (exact) mass is 446 g/mol. The molecule has 1 aromatic heterocycles. The van der Waals surface area contributed by atoms with Gasteiger partial charge in [-0.1, -0.05) is 22.8 Å². The molecule has 2 heterocycles. The average molecular weight is 447 g/mol. The lowest BCUT2D eigenvalue weighted by atomic mass is 9.94. The molecule has 1 aliphatic rings. The van der Waals surface area contributed by atoms with E-state index >= 15 is 0 Å². The first-order valence-corrected chi connectivity index (χ1v) is 9.86. The van der Waals surface area contributed by atoms with Gasteiger partial charge < -0.3 is 24.0 Å². The number of halogens is 2. The maximum Gasteiger partial charge on any atom is 0.260 e. The van der Waals surface area contributed by atoms with Gasteiger partial charge in [-0.25, -0.2) is 4.39 Å². The van der Waals surface area contributed by atoms with Crippen molar-refractivity contribution in [2.75, 3.05) is 20.8 Å². The Morgan fingerprint density at radius 3 is 2.65 bits per heavy atom. The number of amides is 1. The minimum absolute atomic E-state index is 0.00439. The third kappa shape index (κ3) is 3.51. The molecule has 1 amide bonds. The lowest BCUT2D eigenvalue weighted by molar-refractivity contribution is 0.0537. The van der Waals surface area contributed by atoms with E-state index in [0.29, 0.717) is 22.6 Å². The highest BCUT2D eigenvalue weighted by molar-refractivity contribution is 6.33. The largest absolute Gasteiger partial charge is 0.496 e. The van der Waals surface area contributed by atoms with Crippen LogP contribution >= 0.6 is 11.6 Å². The van der Waals surface area contributed by atoms with Crippen LogP contribution in [0, 0.1) is 12.7 Å². The van der Waals surface area contributed by atoms with Crippen molar-refractivity contribution in [3.8, 4) is 22.8 Å². The molecule has 7 nitrogen and oxygen atoms in total. The number of aliphatic hydroxyl groups excluding tert-OH is 1. The molecular formula is C22H20ClFN2O5. The number of aryl methyl sites for hydroxylation is 1. The molecule has 9 heteroatoms. The maximum absolute atomic E-state index is 14.5. The summed E-state index contributed by atoms with van der Waals surface area (Å²) in [4.78, 5) is 14.9. The van der Waals surface area contributed by atoms with Gasteiger partial charge in [-0.3, -0.25) is 4.79 Å². The molecule has 162 valence electrons. The number of methoxy groups -OCH3 is 2. The molecule has 1 atom stereocenters. The highest BCUT2D eigenvalue weighted by Crippen LogP contribution is 2.41. The molecule has 0 spiro atoms. The molecule has 4 rings (SSSR count). The number of fused-ring (bicyclic) bond motifs is 1. The maximum atomic E-state index is 14.5. The summed E-state index contributed by atoms with van der Waals surface area (Å²) in [6.45, 7) is 1.72. The Morgan fingerprint density at radius 1 is 1.26 bits per heavy atom. The van der Waals surface area contributed by atoms with Crippen molar-refractivity contribution in [2.45, 2.75) is 19.6 Å². The minimum Gasteiger partial charge on any atom is -0.496 e. The molecule has 2 aromatic carbocycles. The number of benzene rings is 2. The van der Waals surface area contributed by atoms with E-state index in [9.17, 15) is 14.3 Å². The summed E-state index contributed by atoms with van der Waals surface area (Å²) in [6, 6.07) is 7.63. The second kappa shape index (κ2) is 8.20. The number of carbonyl (C=O) groups excluding carboxylic acids is 1. The predicted octanol–water partition coefficient (Wildman–Crippen LogP) is 4.15. The molecule has 0 saturated carbocycles. The molecular weight excluding hydrogens is 427 g/mol. The van der Waals surface area contributed by atoms with Gasteiger partial charge in [-0.2, -0.15) is 0 Å². The average Bonchev–Trinajstić information content (AvgIpc) is 3.13. The first kappa shape index (κ1) is 21.1. The molecule has 1 N–H and O–H groups in total. The number of ether oxygens (including phenoxy) is 2. The lowest BCUT2D eigenvalue weighted by Gasteiger charge is -2.34. The summed E-state index contributed by atoms with van der Waals surface area (Å²) in [5.41, 5.74) is 1.30. The van der Waals surface area contributed by atoms with Crippen molar-refractivity contribution in [3.05, 3.63) is 63.6 Å². The summed E-state index contributed by atoms with van der Waals surface area (Å²) in [5.74, 6) is 0.160. The Balaban J connectivity index is 1.78. The summed E-state index contributed by atoms with van der Waals surface area (Å²) >= 11 is 6.18. The molecule has 3 aromatic rings. The number of hydrogen-bond donors (Lipinski definition) is 1. The zero-order chi connectivity index (χ0) is 22.3. The van der Waals surface area contributed by atoms with Crippen LogP contribution < -0.4 is 9.47 Å². The van der Waals surface area contributed by atoms with Gasteiger partial charge in [0.25, 0.3) is 5.91 Å².